The maximum Gasteiger partial charge on any atom is 0.0331 e. The molecule has 0 spiro atoms. The first-order valence-electron chi connectivity index (χ1n) is 6.02. The van der Waals surface area contributed by atoms with Crippen molar-refractivity contribution in [3.05, 3.63) is 0 Å². The van der Waals surface area contributed by atoms with Crippen LogP contribution in [0.4, 0.5) is 0 Å². The Labute approximate surface area is 99.0 Å². The van der Waals surface area contributed by atoms with Crippen LogP contribution in [0.5, 0.6) is 0 Å². The Morgan fingerprint density at radius 2 is 2.13 bits per heavy atom. The van der Waals surface area contributed by atoms with Gasteiger partial charge in [0.25, 0.3) is 0 Å². The number of rotatable bonds is 7. The van der Waals surface area contributed by atoms with E-state index in [2.05, 4.69) is 32.1 Å². The highest BCUT2D eigenvalue weighted by molar-refractivity contribution is 7.98. The first-order valence-corrected chi connectivity index (χ1v) is 7.41. The van der Waals surface area contributed by atoms with Crippen molar-refractivity contribution < 1.29 is 0 Å². The molecule has 2 N–H and O–H groups in total. The van der Waals surface area contributed by atoms with Crippen LogP contribution in [0, 0.1) is 5.92 Å². The van der Waals surface area contributed by atoms with Crippen LogP contribution < -0.4 is 5.73 Å². The predicted molar refractivity (Wildman–Crippen MR) is 70.4 cm³/mol. The highest BCUT2D eigenvalue weighted by atomic mass is 32.2. The zero-order valence-electron chi connectivity index (χ0n) is 10.6. The Hall–Kier alpha value is 0.270. The lowest BCUT2D eigenvalue weighted by Crippen LogP contribution is -2.56. The third-order valence-corrected chi connectivity index (χ3v) is 4.77. The third-order valence-electron chi connectivity index (χ3n) is 4.05. The zero-order chi connectivity index (χ0) is 11.5. The van der Waals surface area contributed by atoms with Crippen LogP contribution in [0.1, 0.15) is 33.1 Å². The van der Waals surface area contributed by atoms with Crippen molar-refractivity contribution in [1.29, 1.82) is 0 Å². The molecule has 0 aromatic heterocycles. The second-order valence-corrected chi connectivity index (χ2v) is 5.87. The molecule has 0 heterocycles. The molecular weight excluding hydrogens is 204 g/mol. The van der Waals surface area contributed by atoms with E-state index in [0.717, 1.165) is 12.5 Å². The van der Waals surface area contributed by atoms with Crippen molar-refractivity contribution in [3.8, 4) is 0 Å². The minimum atomic E-state index is 0.233. The molecule has 2 unspecified atom stereocenters. The first-order chi connectivity index (χ1) is 7.10. The number of thioether (sulfide) groups is 1. The lowest BCUT2D eigenvalue weighted by atomic mass is 9.92. The highest BCUT2D eigenvalue weighted by Crippen LogP contribution is 2.43. The molecule has 0 aliphatic heterocycles. The van der Waals surface area contributed by atoms with E-state index < -0.39 is 0 Å². The number of nitrogens with zero attached hydrogens (tertiary/aromatic N) is 1. The fourth-order valence-electron chi connectivity index (χ4n) is 2.42. The first kappa shape index (κ1) is 13.3. The van der Waals surface area contributed by atoms with Gasteiger partial charge in [-0.1, -0.05) is 6.92 Å². The molecule has 1 aliphatic rings. The van der Waals surface area contributed by atoms with E-state index in [1.54, 1.807) is 0 Å². The molecule has 1 rings (SSSR count). The summed E-state index contributed by atoms with van der Waals surface area (Å²) in [5.41, 5.74) is 6.22. The summed E-state index contributed by atoms with van der Waals surface area (Å²) in [4.78, 5) is 2.54. The van der Waals surface area contributed by atoms with E-state index in [1.165, 1.54) is 25.0 Å². The molecule has 0 aromatic carbocycles. The highest BCUT2D eigenvalue weighted by Gasteiger charge is 2.44. The van der Waals surface area contributed by atoms with Crippen LogP contribution >= 0.6 is 11.8 Å². The molecule has 0 saturated heterocycles. The van der Waals surface area contributed by atoms with Crippen LogP contribution in [-0.2, 0) is 0 Å². The molecule has 3 heteroatoms. The van der Waals surface area contributed by atoms with Crippen molar-refractivity contribution in [2.45, 2.75) is 44.7 Å². The molecular formula is C12H26N2S. The summed E-state index contributed by atoms with van der Waals surface area (Å²) in [5, 5.41) is 0. The Balaban J connectivity index is 2.64. The predicted octanol–water partition coefficient (Wildman–Crippen LogP) is 2.19. The van der Waals surface area contributed by atoms with Crippen LogP contribution in [0.2, 0.25) is 0 Å². The van der Waals surface area contributed by atoms with E-state index in [1.807, 2.05) is 11.8 Å². The van der Waals surface area contributed by atoms with Crippen molar-refractivity contribution in [1.82, 2.24) is 4.90 Å². The van der Waals surface area contributed by atoms with Gasteiger partial charge >= 0.3 is 0 Å². The fourth-order valence-corrected chi connectivity index (χ4v) is 3.26. The summed E-state index contributed by atoms with van der Waals surface area (Å²) in [6.45, 7) is 5.41. The van der Waals surface area contributed by atoms with E-state index in [-0.39, 0.29) is 5.54 Å². The van der Waals surface area contributed by atoms with Gasteiger partial charge in [0.1, 0.15) is 0 Å². The van der Waals surface area contributed by atoms with E-state index in [0.29, 0.717) is 6.04 Å². The quantitative estimate of drug-likeness (QED) is 0.727. The summed E-state index contributed by atoms with van der Waals surface area (Å²) in [5.74, 6) is 2.05. The number of nitrogens with two attached hydrogens (primary N) is 1. The SMILES string of the molecule is CCC(CSC)N(C)C(C)(CN)C1CC1. The number of hydrogen-bond acceptors (Lipinski definition) is 3. The monoisotopic (exact) mass is 230 g/mol. The van der Waals surface area contributed by atoms with Gasteiger partial charge in [-0.15, -0.1) is 0 Å². The van der Waals surface area contributed by atoms with Crippen molar-refractivity contribution in [2.24, 2.45) is 11.7 Å². The largest absolute Gasteiger partial charge is 0.329 e. The van der Waals surface area contributed by atoms with Crippen molar-refractivity contribution in [3.63, 3.8) is 0 Å². The molecule has 15 heavy (non-hydrogen) atoms. The summed E-state index contributed by atoms with van der Waals surface area (Å²) < 4.78 is 0. The summed E-state index contributed by atoms with van der Waals surface area (Å²) >= 11 is 1.94. The smallest absolute Gasteiger partial charge is 0.0331 e. The van der Waals surface area contributed by atoms with Crippen LogP contribution in [0.25, 0.3) is 0 Å². The van der Waals surface area contributed by atoms with Crippen molar-refractivity contribution in [2.75, 3.05) is 25.6 Å². The lowest BCUT2D eigenvalue weighted by molar-refractivity contribution is 0.0805. The molecule has 0 aromatic rings. The van der Waals surface area contributed by atoms with Crippen LogP contribution in [0.3, 0.4) is 0 Å². The molecule has 1 fully saturated rings. The molecule has 0 bridgehead atoms. The normalized spacial score (nSPS) is 22.8. The third kappa shape index (κ3) is 2.89. The number of hydrogen-bond donors (Lipinski definition) is 1. The summed E-state index contributed by atoms with van der Waals surface area (Å²) in [7, 11) is 2.26. The van der Waals surface area contributed by atoms with E-state index in [9.17, 15) is 0 Å². The average molecular weight is 230 g/mol. The van der Waals surface area contributed by atoms with Gasteiger partial charge in [-0.3, -0.25) is 4.90 Å². The van der Waals surface area contributed by atoms with Crippen LogP contribution in [0.15, 0.2) is 0 Å². The second kappa shape index (κ2) is 5.55. The molecule has 2 nitrogen and oxygen atoms in total. The van der Waals surface area contributed by atoms with E-state index in [4.69, 9.17) is 5.73 Å². The summed E-state index contributed by atoms with van der Waals surface area (Å²) in [6.07, 6.45) is 6.15. The Kier molecular flexibility index (Phi) is 4.94. The maximum absolute atomic E-state index is 5.99. The summed E-state index contributed by atoms with van der Waals surface area (Å²) in [6, 6.07) is 0.675. The molecule has 0 radical (unpaired) electrons. The average Bonchev–Trinajstić information content (AvgIpc) is 3.07. The van der Waals surface area contributed by atoms with Gasteiger partial charge in [0.05, 0.1) is 0 Å². The van der Waals surface area contributed by atoms with Gasteiger partial charge in [0, 0.05) is 23.9 Å². The van der Waals surface area contributed by atoms with Crippen LogP contribution in [-0.4, -0.2) is 42.1 Å². The minimum Gasteiger partial charge on any atom is -0.329 e. The van der Waals surface area contributed by atoms with Crippen molar-refractivity contribution >= 4 is 11.8 Å². The van der Waals surface area contributed by atoms with Gasteiger partial charge in [-0.05, 0) is 45.4 Å². The fraction of sp³-hybridized carbons (Fsp3) is 1.00. The van der Waals surface area contributed by atoms with Gasteiger partial charge in [-0.2, -0.15) is 11.8 Å². The Bertz CT molecular complexity index is 194. The number of likely N-dealkylation sites (N-methyl/N-ethyl adjacent to an activating group) is 1. The molecule has 1 saturated carbocycles. The lowest BCUT2D eigenvalue weighted by Gasteiger charge is -2.43. The molecule has 0 amide bonds. The standard InChI is InChI=1S/C12H26N2S/c1-5-11(8-15-4)14(3)12(2,9-13)10-6-7-10/h10-11H,5-9,13H2,1-4H3. The topological polar surface area (TPSA) is 29.3 Å². The van der Waals surface area contributed by atoms with E-state index >= 15 is 0 Å². The van der Waals surface area contributed by atoms with Gasteiger partial charge in [-0.25, -0.2) is 0 Å². The van der Waals surface area contributed by atoms with Gasteiger partial charge in [0.15, 0.2) is 0 Å². The second-order valence-electron chi connectivity index (χ2n) is 4.96. The minimum absolute atomic E-state index is 0.233. The molecule has 1 aliphatic carbocycles. The Morgan fingerprint density at radius 1 is 1.53 bits per heavy atom. The zero-order valence-corrected chi connectivity index (χ0v) is 11.4. The van der Waals surface area contributed by atoms with Gasteiger partial charge < -0.3 is 5.73 Å². The maximum atomic E-state index is 5.99. The Morgan fingerprint density at radius 3 is 2.47 bits per heavy atom. The molecule has 90 valence electrons. The molecule has 2 atom stereocenters. The van der Waals surface area contributed by atoms with Gasteiger partial charge in [0.2, 0.25) is 0 Å².